The lowest BCUT2D eigenvalue weighted by Crippen LogP contribution is -2.33. The first-order valence-electron chi connectivity index (χ1n) is 5.60. The van der Waals surface area contributed by atoms with Gasteiger partial charge in [-0.3, -0.25) is 4.98 Å². The normalized spacial score (nSPS) is 24.3. The first-order chi connectivity index (χ1) is 7.25. The maximum absolute atomic E-state index is 4.04. The van der Waals surface area contributed by atoms with E-state index in [9.17, 15) is 0 Å². The highest BCUT2D eigenvalue weighted by Crippen LogP contribution is 2.15. The van der Waals surface area contributed by atoms with Crippen molar-refractivity contribution in [2.24, 2.45) is 0 Å². The summed E-state index contributed by atoms with van der Waals surface area (Å²) in [6.45, 7) is 4.59. The maximum atomic E-state index is 4.04. The summed E-state index contributed by atoms with van der Waals surface area (Å²) in [6.07, 6.45) is 4.97. The fraction of sp³-hybridized carbons (Fsp3) is 0.583. The van der Waals surface area contributed by atoms with E-state index in [0.717, 1.165) is 6.54 Å². The van der Waals surface area contributed by atoms with Crippen LogP contribution in [0.25, 0.3) is 0 Å². The summed E-state index contributed by atoms with van der Waals surface area (Å²) < 4.78 is 0. The van der Waals surface area contributed by atoms with Crippen LogP contribution in [0.4, 0.5) is 0 Å². The third-order valence-electron chi connectivity index (χ3n) is 3.08. The van der Waals surface area contributed by atoms with Crippen molar-refractivity contribution in [1.29, 1.82) is 0 Å². The fourth-order valence-electron chi connectivity index (χ4n) is 2.17. The minimum absolute atomic E-state index is 0.421. The Morgan fingerprint density at radius 2 is 2.20 bits per heavy atom. The number of nitrogens with zero attached hydrogens (tertiary/aromatic N) is 2. The van der Waals surface area contributed by atoms with Gasteiger partial charge in [0.15, 0.2) is 0 Å². The van der Waals surface area contributed by atoms with Crippen LogP contribution in [-0.4, -0.2) is 36.1 Å². The number of nitrogens with one attached hydrogen (secondary N) is 1. The minimum atomic E-state index is 0.421. The summed E-state index contributed by atoms with van der Waals surface area (Å²) in [5.41, 5.74) is 1.32. The van der Waals surface area contributed by atoms with Gasteiger partial charge in [-0.05, 0) is 44.6 Å². The maximum Gasteiger partial charge on any atom is 0.0296 e. The number of pyridine rings is 1. The molecule has 0 spiro atoms. The van der Waals surface area contributed by atoms with Crippen LogP contribution in [0.15, 0.2) is 24.5 Å². The van der Waals surface area contributed by atoms with E-state index >= 15 is 0 Å². The van der Waals surface area contributed by atoms with Crippen LogP contribution in [-0.2, 0) is 0 Å². The van der Waals surface area contributed by atoms with E-state index in [-0.39, 0.29) is 0 Å². The van der Waals surface area contributed by atoms with Crippen LogP contribution in [0.3, 0.4) is 0 Å². The molecule has 0 bridgehead atoms. The minimum Gasteiger partial charge on any atom is -0.306 e. The van der Waals surface area contributed by atoms with Gasteiger partial charge in [-0.1, -0.05) is 0 Å². The first kappa shape index (κ1) is 10.6. The van der Waals surface area contributed by atoms with E-state index < -0.39 is 0 Å². The molecule has 1 saturated heterocycles. The lowest BCUT2D eigenvalue weighted by Gasteiger charge is -2.19. The molecule has 3 nitrogen and oxygen atoms in total. The van der Waals surface area contributed by atoms with Crippen molar-refractivity contribution >= 4 is 0 Å². The van der Waals surface area contributed by atoms with E-state index in [2.05, 4.69) is 41.3 Å². The zero-order valence-electron chi connectivity index (χ0n) is 9.48. The second-order valence-corrected chi connectivity index (χ2v) is 4.42. The Labute approximate surface area is 91.5 Å². The first-order valence-corrected chi connectivity index (χ1v) is 5.60. The van der Waals surface area contributed by atoms with Crippen LogP contribution in [0.2, 0.25) is 0 Å². The molecule has 0 aromatic carbocycles. The molecule has 1 aliphatic rings. The second kappa shape index (κ2) is 4.73. The molecule has 3 heteroatoms. The molecule has 0 radical (unpaired) electrons. The van der Waals surface area contributed by atoms with Crippen molar-refractivity contribution in [3.05, 3.63) is 30.1 Å². The van der Waals surface area contributed by atoms with Gasteiger partial charge in [-0.15, -0.1) is 0 Å². The molecule has 2 heterocycles. The van der Waals surface area contributed by atoms with Crippen molar-refractivity contribution in [3.8, 4) is 0 Å². The molecule has 0 saturated carbocycles. The van der Waals surface area contributed by atoms with Gasteiger partial charge < -0.3 is 10.2 Å². The lowest BCUT2D eigenvalue weighted by molar-refractivity contribution is 0.387. The molecular formula is C12H19N3. The molecule has 0 aliphatic carbocycles. The van der Waals surface area contributed by atoms with Crippen LogP contribution in [0, 0.1) is 0 Å². The summed E-state index contributed by atoms with van der Waals surface area (Å²) in [4.78, 5) is 6.41. The molecule has 2 atom stereocenters. The molecular weight excluding hydrogens is 186 g/mol. The quantitative estimate of drug-likeness (QED) is 0.809. The smallest absolute Gasteiger partial charge is 0.0296 e. The average Bonchev–Trinajstić information content (AvgIpc) is 2.65. The van der Waals surface area contributed by atoms with Gasteiger partial charge in [0.2, 0.25) is 0 Å². The topological polar surface area (TPSA) is 28.2 Å². The highest BCUT2D eigenvalue weighted by molar-refractivity contribution is 5.14. The highest BCUT2D eigenvalue weighted by atomic mass is 15.2. The molecule has 1 aliphatic heterocycles. The van der Waals surface area contributed by atoms with E-state index in [1.54, 1.807) is 0 Å². The lowest BCUT2D eigenvalue weighted by atomic mass is 10.1. The molecule has 15 heavy (non-hydrogen) atoms. The SMILES string of the molecule is CC(NC1CCN(C)C1)c1ccncc1. The molecule has 1 aromatic rings. The van der Waals surface area contributed by atoms with Crippen LogP contribution in [0.1, 0.15) is 24.9 Å². The van der Waals surface area contributed by atoms with Crippen LogP contribution in [0.5, 0.6) is 0 Å². The predicted octanol–water partition coefficient (Wildman–Crippen LogP) is 1.44. The number of likely N-dealkylation sites (N-methyl/N-ethyl adjacent to an activating group) is 1. The third kappa shape index (κ3) is 2.76. The number of rotatable bonds is 3. The van der Waals surface area contributed by atoms with Crippen molar-refractivity contribution < 1.29 is 0 Å². The second-order valence-electron chi connectivity index (χ2n) is 4.42. The van der Waals surface area contributed by atoms with E-state index in [4.69, 9.17) is 0 Å². The molecule has 1 N–H and O–H groups in total. The summed E-state index contributed by atoms with van der Waals surface area (Å²) in [5.74, 6) is 0. The zero-order valence-corrected chi connectivity index (χ0v) is 9.48. The van der Waals surface area contributed by atoms with Crippen LogP contribution < -0.4 is 5.32 Å². The van der Waals surface area contributed by atoms with Crippen molar-refractivity contribution in [2.45, 2.75) is 25.4 Å². The Kier molecular flexibility index (Phi) is 3.34. The van der Waals surface area contributed by atoms with Crippen molar-refractivity contribution in [3.63, 3.8) is 0 Å². The van der Waals surface area contributed by atoms with Crippen molar-refractivity contribution in [2.75, 3.05) is 20.1 Å². The Morgan fingerprint density at radius 1 is 1.47 bits per heavy atom. The summed E-state index contributed by atoms with van der Waals surface area (Å²) in [6, 6.07) is 5.22. The van der Waals surface area contributed by atoms with Gasteiger partial charge >= 0.3 is 0 Å². The number of aromatic nitrogens is 1. The summed E-state index contributed by atoms with van der Waals surface area (Å²) in [5, 5.41) is 3.66. The average molecular weight is 205 g/mol. The largest absolute Gasteiger partial charge is 0.306 e. The van der Waals surface area contributed by atoms with Gasteiger partial charge in [-0.25, -0.2) is 0 Å². The van der Waals surface area contributed by atoms with E-state index in [1.807, 2.05) is 12.4 Å². The number of likely N-dealkylation sites (tertiary alicyclic amines) is 1. The third-order valence-corrected chi connectivity index (χ3v) is 3.08. The molecule has 82 valence electrons. The zero-order chi connectivity index (χ0) is 10.7. The monoisotopic (exact) mass is 205 g/mol. The molecule has 1 fully saturated rings. The Bertz CT molecular complexity index is 299. The molecule has 1 aromatic heterocycles. The Morgan fingerprint density at radius 3 is 2.80 bits per heavy atom. The highest BCUT2D eigenvalue weighted by Gasteiger charge is 2.20. The Hall–Kier alpha value is -0.930. The fourth-order valence-corrected chi connectivity index (χ4v) is 2.17. The summed E-state index contributed by atoms with van der Waals surface area (Å²) >= 11 is 0. The van der Waals surface area contributed by atoms with Gasteiger partial charge in [-0.2, -0.15) is 0 Å². The van der Waals surface area contributed by atoms with E-state index in [1.165, 1.54) is 18.5 Å². The number of hydrogen-bond acceptors (Lipinski definition) is 3. The van der Waals surface area contributed by atoms with E-state index in [0.29, 0.717) is 12.1 Å². The Balaban J connectivity index is 1.90. The summed E-state index contributed by atoms with van der Waals surface area (Å²) in [7, 11) is 2.18. The molecule has 0 amide bonds. The van der Waals surface area contributed by atoms with Gasteiger partial charge in [0, 0.05) is 31.0 Å². The van der Waals surface area contributed by atoms with Crippen LogP contribution >= 0.6 is 0 Å². The molecule has 2 unspecified atom stereocenters. The van der Waals surface area contributed by atoms with Gasteiger partial charge in [0.25, 0.3) is 0 Å². The van der Waals surface area contributed by atoms with Crippen molar-refractivity contribution in [1.82, 2.24) is 15.2 Å². The molecule has 2 rings (SSSR count). The van der Waals surface area contributed by atoms with Gasteiger partial charge in [0.1, 0.15) is 0 Å². The van der Waals surface area contributed by atoms with Gasteiger partial charge in [0.05, 0.1) is 0 Å². The predicted molar refractivity (Wildman–Crippen MR) is 61.7 cm³/mol. The standard InChI is InChI=1S/C12H19N3/c1-10(11-3-6-13-7-4-11)14-12-5-8-15(2)9-12/h3-4,6-7,10,12,14H,5,8-9H2,1-2H3. The number of hydrogen-bond donors (Lipinski definition) is 1.